The molecule has 0 spiro atoms. The number of carbonyl (C=O) groups excluding carboxylic acids is 3. The van der Waals surface area contributed by atoms with Crippen molar-refractivity contribution in [1.82, 2.24) is 0 Å². The number of hydrogen-bond acceptors (Lipinski definition) is 6. The summed E-state index contributed by atoms with van der Waals surface area (Å²) in [5, 5.41) is 0. The van der Waals surface area contributed by atoms with Gasteiger partial charge in [0, 0.05) is 19.3 Å². The van der Waals surface area contributed by atoms with Crippen molar-refractivity contribution in [2.45, 2.75) is 393 Å². The number of ether oxygens (including phenoxy) is 3. The van der Waals surface area contributed by atoms with Crippen LogP contribution >= 0.6 is 0 Å². The van der Waals surface area contributed by atoms with Crippen LogP contribution in [0.1, 0.15) is 387 Å². The zero-order valence-electron chi connectivity index (χ0n) is 52.7. The highest BCUT2D eigenvalue weighted by atomic mass is 16.6. The Bertz CT molecular complexity index is 1300. The predicted octanol–water partition coefficient (Wildman–Crippen LogP) is 23.9. The lowest BCUT2D eigenvalue weighted by Gasteiger charge is -2.18. The van der Waals surface area contributed by atoms with Gasteiger partial charge in [0.2, 0.25) is 0 Å². The fourth-order valence-corrected chi connectivity index (χ4v) is 10.6. The van der Waals surface area contributed by atoms with Crippen molar-refractivity contribution in [3.05, 3.63) is 36.5 Å². The molecule has 0 saturated carbocycles. The smallest absolute Gasteiger partial charge is 0.306 e. The number of unbranched alkanes of at least 4 members (excludes halogenated alkanes) is 48. The molecule has 6 heteroatoms. The molecule has 0 aliphatic rings. The second-order valence-corrected chi connectivity index (χ2v) is 23.8. The van der Waals surface area contributed by atoms with Gasteiger partial charge in [-0.2, -0.15) is 0 Å². The minimum Gasteiger partial charge on any atom is -0.462 e. The van der Waals surface area contributed by atoms with Crippen molar-refractivity contribution in [3.63, 3.8) is 0 Å². The van der Waals surface area contributed by atoms with E-state index >= 15 is 0 Å². The van der Waals surface area contributed by atoms with Gasteiger partial charge in [-0.1, -0.05) is 346 Å². The van der Waals surface area contributed by atoms with Crippen LogP contribution in [0.5, 0.6) is 0 Å². The lowest BCUT2D eigenvalue weighted by Crippen LogP contribution is -2.30. The molecule has 0 saturated heterocycles. The van der Waals surface area contributed by atoms with E-state index in [1.807, 2.05) is 0 Å². The normalized spacial score (nSPS) is 12.2. The van der Waals surface area contributed by atoms with Crippen molar-refractivity contribution in [2.75, 3.05) is 13.2 Å². The van der Waals surface area contributed by atoms with Gasteiger partial charge in [-0.25, -0.2) is 0 Å². The van der Waals surface area contributed by atoms with Crippen LogP contribution in [-0.4, -0.2) is 37.2 Å². The van der Waals surface area contributed by atoms with E-state index in [0.717, 1.165) is 77.0 Å². The van der Waals surface area contributed by atoms with Crippen LogP contribution in [0.25, 0.3) is 0 Å². The van der Waals surface area contributed by atoms with Gasteiger partial charge in [-0.05, 0) is 57.8 Å². The molecule has 0 heterocycles. The third-order valence-electron chi connectivity index (χ3n) is 15.9. The van der Waals surface area contributed by atoms with E-state index in [0.29, 0.717) is 19.3 Å². The van der Waals surface area contributed by atoms with Gasteiger partial charge >= 0.3 is 17.9 Å². The molecular weight excluding hydrogens is 961 g/mol. The summed E-state index contributed by atoms with van der Waals surface area (Å²) in [5.74, 6) is -0.853. The zero-order chi connectivity index (χ0) is 56.4. The number of rotatable bonds is 65. The van der Waals surface area contributed by atoms with Crippen LogP contribution in [0.4, 0.5) is 0 Å². The highest BCUT2D eigenvalue weighted by molar-refractivity contribution is 5.71. The van der Waals surface area contributed by atoms with E-state index in [4.69, 9.17) is 14.2 Å². The fourth-order valence-electron chi connectivity index (χ4n) is 10.6. The first-order chi connectivity index (χ1) is 38.5. The Hall–Kier alpha value is -2.37. The Morgan fingerprint density at radius 2 is 0.462 bits per heavy atom. The van der Waals surface area contributed by atoms with Crippen molar-refractivity contribution in [3.8, 4) is 0 Å². The van der Waals surface area contributed by atoms with Crippen molar-refractivity contribution >= 4 is 17.9 Å². The lowest BCUT2D eigenvalue weighted by molar-refractivity contribution is -0.167. The van der Waals surface area contributed by atoms with Crippen LogP contribution in [0.2, 0.25) is 0 Å². The minimum absolute atomic E-state index is 0.0718. The summed E-state index contributed by atoms with van der Waals surface area (Å²) in [6.45, 7) is 6.70. The Labute approximate surface area is 486 Å². The highest BCUT2D eigenvalue weighted by Crippen LogP contribution is 2.18. The van der Waals surface area contributed by atoms with E-state index in [2.05, 4.69) is 57.2 Å². The molecular formula is C72H134O6. The molecule has 0 radical (unpaired) electrons. The second-order valence-electron chi connectivity index (χ2n) is 23.8. The number of hydrogen-bond donors (Lipinski definition) is 0. The second kappa shape index (κ2) is 67.1. The quantitative estimate of drug-likeness (QED) is 0.0261. The van der Waals surface area contributed by atoms with Crippen LogP contribution in [-0.2, 0) is 28.6 Å². The average molecular weight is 1100 g/mol. The molecule has 0 rings (SSSR count). The van der Waals surface area contributed by atoms with Crippen molar-refractivity contribution in [2.24, 2.45) is 0 Å². The van der Waals surface area contributed by atoms with Crippen LogP contribution in [0.15, 0.2) is 36.5 Å². The molecule has 0 aromatic heterocycles. The Morgan fingerprint density at radius 1 is 0.256 bits per heavy atom. The van der Waals surface area contributed by atoms with Crippen LogP contribution in [0.3, 0.4) is 0 Å². The summed E-state index contributed by atoms with van der Waals surface area (Å²) in [6, 6.07) is 0. The maximum atomic E-state index is 12.9. The molecule has 1 unspecified atom stereocenters. The molecule has 0 fully saturated rings. The minimum atomic E-state index is -0.777. The SMILES string of the molecule is CCCCCCC/C=C\C/C=C\C/C=C\CCCCCCCCC(=O)OC(COC(=O)CCCCCCCCCCCCCCCCCCC)COC(=O)CCCCCCCCCCCCCCCCCCCCCCCC. The zero-order valence-corrected chi connectivity index (χ0v) is 52.7. The highest BCUT2D eigenvalue weighted by Gasteiger charge is 2.19. The Kier molecular flexibility index (Phi) is 65.1. The van der Waals surface area contributed by atoms with E-state index in [9.17, 15) is 14.4 Å². The van der Waals surface area contributed by atoms with Crippen molar-refractivity contribution in [1.29, 1.82) is 0 Å². The fraction of sp³-hybridized carbons (Fsp3) is 0.875. The summed E-state index contributed by atoms with van der Waals surface area (Å²) in [7, 11) is 0. The summed E-state index contributed by atoms with van der Waals surface area (Å²) >= 11 is 0. The third-order valence-corrected chi connectivity index (χ3v) is 15.9. The van der Waals surface area contributed by atoms with Gasteiger partial charge in [0.25, 0.3) is 0 Å². The first-order valence-electron chi connectivity index (χ1n) is 35.0. The van der Waals surface area contributed by atoms with Gasteiger partial charge in [0.05, 0.1) is 0 Å². The number of allylic oxidation sites excluding steroid dienone is 6. The molecule has 78 heavy (non-hydrogen) atoms. The van der Waals surface area contributed by atoms with E-state index in [-0.39, 0.29) is 31.1 Å². The standard InChI is InChI=1S/C72H134O6/c1-4-7-10-13-16-19-22-25-28-31-33-35-37-38-41-44-47-50-53-56-59-62-65-71(74)77-68-69(67-76-70(73)64-61-58-55-52-49-46-43-40-30-27-24-21-18-15-12-9-6-3)78-72(75)66-63-60-57-54-51-48-45-42-39-36-34-32-29-26-23-20-17-14-11-8-5-2/h23,26,32,34,39,42,69H,4-22,24-25,27-31,33,35-38,40-41,43-68H2,1-3H3/b26-23-,34-32-,42-39-. The molecule has 0 amide bonds. The van der Waals surface area contributed by atoms with Crippen molar-refractivity contribution < 1.29 is 28.6 Å². The first kappa shape index (κ1) is 75.6. The summed E-state index contributed by atoms with van der Waals surface area (Å²) in [6.07, 6.45) is 83.0. The maximum Gasteiger partial charge on any atom is 0.306 e. The first-order valence-corrected chi connectivity index (χ1v) is 35.0. The van der Waals surface area contributed by atoms with Gasteiger partial charge in [0.15, 0.2) is 6.10 Å². The predicted molar refractivity (Wildman–Crippen MR) is 339 cm³/mol. The molecule has 6 nitrogen and oxygen atoms in total. The molecule has 0 bridgehead atoms. The summed E-state index contributed by atoms with van der Waals surface area (Å²) < 4.78 is 17.0. The number of carbonyl (C=O) groups is 3. The Morgan fingerprint density at radius 3 is 0.718 bits per heavy atom. The molecule has 458 valence electrons. The monoisotopic (exact) mass is 1100 g/mol. The largest absolute Gasteiger partial charge is 0.462 e. The average Bonchev–Trinajstić information content (AvgIpc) is 3.44. The van der Waals surface area contributed by atoms with E-state index in [1.165, 1.54) is 270 Å². The van der Waals surface area contributed by atoms with E-state index in [1.54, 1.807) is 0 Å². The summed E-state index contributed by atoms with van der Waals surface area (Å²) in [5.41, 5.74) is 0. The maximum absolute atomic E-state index is 12.9. The van der Waals surface area contributed by atoms with Gasteiger partial charge < -0.3 is 14.2 Å². The van der Waals surface area contributed by atoms with Crippen LogP contribution < -0.4 is 0 Å². The van der Waals surface area contributed by atoms with E-state index < -0.39 is 6.10 Å². The molecule has 0 aliphatic heterocycles. The topological polar surface area (TPSA) is 78.9 Å². The van der Waals surface area contributed by atoms with Gasteiger partial charge in [-0.15, -0.1) is 0 Å². The third kappa shape index (κ3) is 64.5. The van der Waals surface area contributed by atoms with Crippen LogP contribution in [0, 0.1) is 0 Å². The summed E-state index contributed by atoms with van der Waals surface area (Å²) in [4.78, 5) is 38.4. The van der Waals surface area contributed by atoms with Gasteiger partial charge in [0.1, 0.15) is 13.2 Å². The number of esters is 3. The molecule has 0 aromatic carbocycles. The lowest BCUT2D eigenvalue weighted by atomic mass is 10.0. The van der Waals surface area contributed by atoms with Gasteiger partial charge in [-0.3, -0.25) is 14.4 Å². The molecule has 1 atom stereocenters. The molecule has 0 aromatic rings. The Balaban J connectivity index is 4.33. The molecule has 0 aliphatic carbocycles. The molecule has 0 N–H and O–H groups in total.